The third-order valence-electron chi connectivity index (χ3n) is 2.45. The van der Waals surface area contributed by atoms with E-state index in [4.69, 9.17) is 9.47 Å². The Labute approximate surface area is 102 Å². The molecule has 0 spiro atoms. The van der Waals surface area contributed by atoms with Crippen LogP contribution in [0, 0.1) is 0 Å². The van der Waals surface area contributed by atoms with Crippen LogP contribution in [0.3, 0.4) is 0 Å². The van der Waals surface area contributed by atoms with Crippen LogP contribution in [0.5, 0.6) is 11.5 Å². The third-order valence-corrected chi connectivity index (χ3v) is 2.45. The van der Waals surface area contributed by atoms with Gasteiger partial charge in [0.05, 0.1) is 19.9 Å². The lowest BCUT2D eigenvalue weighted by Crippen LogP contribution is -2.30. The summed E-state index contributed by atoms with van der Waals surface area (Å²) in [7, 11) is 2.90. The lowest BCUT2D eigenvalue weighted by molar-refractivity contribution is -0.134. The lowest BCUT2D eigenvalue weighted by atomic mass is 10.2. The summed E-state index contributed by atoms with van der Waals surface area (Å²) < 4.78 is 10.1. The zero-order valence-electron chi connectivity index (χ0n) is 9.72. The van der Waals surface area contributed by atoms with Crippen molar-refractivity contribution in [2.75, 3.05) is 19.1 Å². The molecule has 1 fully saturated rings. The Kier molecular flexibility index (Phi) is 2.88. The van der Waals surface area contributed by atoms with Gasteiger partial charge in [-0.15, -0.1) is 0 Å². The van der Waals surface area contributed by atoms with Gasteiger partial charge in [0.1, 0.15) is 0 Å². The molecule has 7 nitrogen and oxygen atoms in total. The molecule has 1 N–H and O–H groups in total. The average Bonchev–Trinajstić information content (AvgIpc) is 2.62. The largest absolute Gasteiger partial charge is 0.493 e. The van der Waals surface area contributed by atoms with Crippen molar-refractivity contribution in [3.63, 3.8) is 0 Å². The smallest absolute Gasteiger partial charge is 0.336 e. The maximum absolute atomic E-state index is 11.5. The Hall–Kier alpha value is -2.57. The van der Waals surface area contributed by atoms with Gasteiger partial charge in [-0.25, -0.2) is 9.69 Å². The van der Waals surface area contributed by atoms with Gasteiger partial charge in [-0.2, -0.15) is 0 Å². The zero-order valence-corrected chi connectivity index (χ0v) is 9.72. The predicted octanol–water partition coefficient (Wildman–Crippen LogP) is 0.287. The summed E-state index contributed by atoms with van der Waals surface area (Å²) in [5, 5.41) is 1.91. The fourth-order valence-corrected chi connectivity index (χ4v) is 1.60. The van der Waals surface area contributed by atoms with Gasteiger partial charge in [0.15, 0.2) is 11.5 Å². The fraction of sp³-hybridized carbons (Fsp3) is 0.182. The van der Waals surface area contributed by atoms with Crippen LogP contribution in [0.2, 0.25) is 0 Å². The number of carbonyl (C=O) groups excluding carboxylic acids is 3. The van der Waals surface area contributed by atoms with Crippen LogP contribution < -0.4 is 19.7 Å². The number of nitrogens with zero attached hydrogens (tertiary/aromatic N) is 1. The maximum Gasteiger partial charge on any atom is 0.336 e. The minimum atomic E-state index is -0.949. The minimum Gasteiger partial charge on any atom is -0.493 e. The van der Waals surface area contributed by atoms with E-state index in [0.29, 0.717) is 11.5 Å². The second kappa shape index (κ2) is 4.36. The van der Waals surface area contributed by atoms with Crippen molar-refractivity contribution in [1.29, 1.82) is 0 Å². The van der Waals surface area contributed by atoms with E-state index in [0.717, 1.165) is 4.90 Å². The number of rotatable bonds is 3. The number of methoxy groups -OCH3 is 2. The number of imide groups is 2. The summed E-state index contributed by atoms with van der Waals surface area (Å²) in [6.45, 7) is 0. The van der Waals surface area contributed by atoms with Crippen molar-refractivity contribution in [2.24, 2.45) is 0 Å². The number of carbonyl (C=O) groups is 3. The van der Waals surface area contributed by atoms with Crippen molar-refractivity contribution < 1.29 is 23.9 Å². The Morgan fingerprint density at radius 3 is 2.22 bits per heavy atom. The molecule has 1 aromatic carbocycles. The highest BCUT2D eigenvalue weighted by Crippen LogP contribution is 2.32. The molecule has 7 heteroatoms. The van der Waals surface area contributed by atoms with Crippen molar-refractivity contribution in [1.82, 2.24) is 5.32 Å². The zero-order chi connectivity index (χ0) is 13.3. The first-order chi connectivity index (χ1) is 8.58. The quantitative estimate of drug-likeness (QED) is 0.615. The molecule has 0 radical (unpaired) electrons. The molecule has 1 heterocycles. The first kappa shape index (κ1) is 11.9. The lowest BCUT2D eigenvalue weighted by Gasteiger charge is -2.14. The Morgan fingerprint density at radius 1 is 1.06 bits per heavy atom. The third kappa shape index (κ3) is 1.75. The molecule has 4 amide bonds. The summed E-state index contributed by atoms with van der Waals surface area (Å²) in [4.78, 5) is 34.7. The number of anilines is 1. The van der Waals surface area contributed by atoms with Crippen molar-refractivity contribution in [3.8, 4) is 11.5 Å². The van der Waals surface area contributed by atoms with Crippen LogP contribution in [0.4, 0.5) is 10.5 Å². The minimum absolute atomic E-state index is 0.237. The first-order valence-corrected chi connectivity index (χ1v) is 5.00. The summed E-state index contributed by atoms with van der Waals surface area (Å²) in [5.74, 6) is -1.06. The standard InChI is InChI=1S/C11H10N2O5/c1-17-7-4-3-6(5-8(7)18-2)13-10(15)9(14)12-11(13)16/h3-5H,1-2H3,(H,12,14,16). The topological polar surface area (TPSA) is 84.9 Å². The molecule has 0 unspecified atom stereocenters. The number of ether oxygens (including phenoxy) is 2. The Balaban J connectivity index is 2.43. The Bertz CT molecular complexity index is 540. The molecule has 0 aromatic heterocycles. The van der Waals surface area contributed by atoms with Gasteiger partial charge >= 0.3 is 17.8 Å². The summed E-state index contributed by atoms with van der Waals surface area (Å²) in [6.07, 6.45) is 0. The number of nitrogens with one attached hydrogen (secondary N) is 1. The van der Waals surface area contributed by atoms with Crippen LogP contribution in [0.1, 0.15) is 0 Å². The highest BCUT2D eigenvalue weighted by molar-refractivity contribution is 6.53. The number of hydrogen-bond donors (Lipinski definition) is 1. The Morgan fingerprint density at radius 2 is 1.72 bits per heavy atom. The van der Waals surface area contributed by atoms with Crippen LogP contribution in [0.25, 0.3) is 0 Å². The molecular weight excluding hydrogens is 240 g/mol. The van der Waals surface area contributed by atoms with E-state index in [1.807, 2.05) is 5.32 Å². The van der Waals surface area contributed by atoms with Crippen LogP contribution in [0.15, 0.2) is 18.2 Å². The van der Waals surface area contributed by atoms with E-state index < -0.39 is 17.8 Å². The van der Waals surface area contributed by atoms with E-state index in [2.05, 4.69) is 0 Å². The van der Waals surface area contributed by atoms with Crippen molar-refractivity contribution in [2.45, 2.75) is 0 Å². The average molecular weight is 250 g/mol. The fourth-order valence-electron chi connectivity index (χ4n) is 1.60. The molecule has 1 aliphatic rings. The molecule has 0 saturated carbocycles. The number of urea groups is 1. The maximum atomic E-state index is 11.5. The van der Waals surface area contributed by atoms with Gasteiger partial charge in [0.2, 0.25) is 0 Å². The predicted molar refractivity (Wildman–Crippen MR) is 60.6 cm³/mol. The van der Waals surface area contributed by atoms with E-state index >= 15 is 0 Å². The summed E-state index contributed by atoms with van der Waals surface area (Å²) in [6, 6.07) is 3.68. The molecule has 18 heavy (non-hydrogen) atoms. The first-order valence-electron chi connectivity index (χ1n) is 5.00. The van der Waals surface area contributed by atoms with Gasteiger partial charge in [-0.05, 0) is 12.1 Å². The van der Waals surface area contributed by atoms with Gasteiger partial charge < -0.3 is 9.47 Å². The molecule has 0 bridgehead atoms. The van der Waals surface area contributed by atoms with Gasteiger partial charge in [0.25, 0.3) is 0 Å². The summed E-state index contributed by atoms with van der Waals surface area (Å²) >= 11 is 0. The second-order valence-corrected chi connectivity index (χ2v) is 3.44. The van der Waals surface area contributed by atoms with E-state index in [-0.39, 0.29) is 5.69 Å². The normalized spacial score (nSPS) is 14.8. The van der Waals surface area contributed by atoms with Crippen LogP contribution in [-0.2, 0) is 9.59 Å². The van der Waals surface area contributed by atoms with E-state index in [1.54, 1.807) is 0 Å². The van der Waals surface area contributed by atoms with Crippen molar-refractivity contribution >= 4 is 23.5 Å². The molecule has 1 aromatic rings. The molecule has 94 valence electrons. The highest BCUT2D eigenvalue weighted by Gasteiger charge is 2.38. The summed E-state index contributed by atoms with van der Waals surface area (Å²) in [5.41, 5.74) is 0.237. The van der Waals surface area contributed by atoms with Crippen LogP contribution in [-0.4, -0.2) is 32.1 Å². The van der Waals surface area contributed by atoms with Gasteiger partial charge in [-0.3, -0.25) is 14.9 Å². The van der Waals surface area contributed by atoms with Crippen LogP contribution >= 0.6 is 0 Å². The molecule has 1 saturated heterocycles. The molecule has 0 aliphatic carbocycles. The monoisotopic (exact) mass is 250 g/mol. The molecule has 2 rings (SSSR count). The number of amides is 4. The van der Waals surface area contributed by atoms with Gasteiger partial charge in [-0.1, -0.05) is 0 Å². The highest BCUT2D eigenvalue weighted by atomic mass is 16.5. The van der Waals surface area contributed by atoms with Gasteiger partial charge in [0, 0.05) is 6.07 Å². The molecule has 1 aliphatic heterocycles. The number of hydrogen-bond acceptors (Lipinski definition) is 5. The van der Waals surface area contributed by atoms with E-state index in [9.17, 15) is 14.4 Å². The van der Waals surface area contributed by atoms with Crippen molar-refractivity contribution in [3.05, 3.63) is 18.2 Å². The molecule has 0 atom stereocenters. The number of benzene rings is 1. The second-order valence-electron chi connectivity index (χ2n) is 3.44. The SMILES string of the molecule is COc1ccc(N2C(=O)NC(=O)C2=O)cc1OC. The van der Waals surface area contributed by atoms with E-state index in [1.165, 1.54) is 32.4 Å². The molecular formula is C11H10N2O5.